The van der Waals surface area contributed by atoms with Gasteiger partial charge in [-0.3, -0.25) is 0 Å². The summed E-state index contributed by atoms with van der Waals surface area (Å²) >= 11 is 0. The highest BCUT2D eigenvalue weighted by molar-refractivity contribution is 5.89. The van der Waals surface area contributed by atoms with E-state index in [2.05, 4.69) is 10.1 Å². The first-order valence-corrected chi connectivity index (χ1v) is 6.18. The summed E-state index contributed by atoms with van der Waals surface area (Å²) in [6, 6.07) is 9.21. The van der Waals surface area contributed by atoms with Crippen molar-refractivity contribution in [1.29, 1.82) is 0 Å². The van der Waals surface area contributed by atoms with Crippen LogP contribution in [0.1, 0.15) is 10.4 Å². The highest BCUT2D eigenvalue weighted by atomic mass is 19.1. The molecule has 22 heavy (non-hydrogen) atoms. The van der Waals surface area contributed by atoms with Gasteiger partial charge in [-0.25, -0.2) is 13.6 Å². The van der Waals surface area contributed by atoms with Gasteiger partial charge in [-0.2, -0.15) is 4.98 Å². The Hall–Kier alpha value is -3.09. The predicted molar refractivity (Wildman–Crippen MR) is 72.0 cm³/mol. The number of carbonyl (C=O) groups is 1. The zero-order chi connectivity index (χ0) is 15.7. The molecule has 0 unspecified atom stereocenters. The molecule has 7 heteroatoms. The van der Waals surface area contributed by atoms with Crippen molar-refractivity contribution in [3.63, 3.8) is 0 Å². The quantitative estimate of drug-likeness (QED) is 0.802. The van der Waals surface area contributed by atoms with E-state index in [1.54, 1.807) is 0 Å². The molecule has 0 aliphatic heterocycles. The summed E-state index contributed by atoms with van der Waals surface area (Å²) in [5, 5.41) is 12.5. The van der Waals surface area contributed by atoms with Crippen molar-refractivity contribution in [1.82, 2.24) is 10.1 Å². The SMILES string of the molecule is O=C(O)c1cccc(-c2noc(-c3ccc(F)cc3)n2)c1F. The van der Waals surface area contributed by atoms with Gasteiger partial charge >= 0.3 is 5.97 Å². The second kappa shape index (κ2) is 5.36. The van der Waals surface area contributed by atoms with E-state index in [1.807, 2.05) is 0 Å². The molecule has 0 aliphatic rings. The number of aromatic carboxylic acids is 1. The number of carboxylic acid groups (broad SMARTS) is 1. The monoisotopic (exact) mass is 302 g/mol. The highest BCUT2D eigenvalue weighted by Crippen LogP contribution is 2.25. The molecule has 110 valence electrons. The average molecular weight is 302 g/mol. The van der Waals surface area contributed by atoms with Crippen molar-refractivity contribution >= 4 is 5.97 Å². The third-order valence-electron chi connectivity index (χ3n) is 2.99. The molecule has 0 bridgehead atoms. The molecule has 1 aromatic heterocycles. The van der Waals surface area contributed by atoms with Gasteiger partial charge in [0.15, 0.2) is 0 Å². The van der Waals surface area contributed by atoms with Gasteiger partial charge in [0.05, 0.1) is 11.1 Å². The van der Waals surface area contributed by atoms with E-state index in [4.69, 9.17) is 9.63 Å². The summed E-state index contributed by atoms with van der Waals surface area (Å²) < 4.78 is 32.0. The molecule has 3 rings (SSSR count). The van der Waals surface area contributed by atoms with Crippen LogP contribution in [0.2, 0.25) is 0 Å². The molecule has 5 nitrogen and oxygen atoms in total. The third-order valence-corrected chi connectivity index (χ3v) is 2.99. The fourth-order valence-corrected chi connectivity index (χ4v) is 1.91. The summed E-state index contributed by atoms with van der Waals surface area (Å²) in [5.41, 5.74) is -0.0995. The molecule has 2 aromatic carbocycles. The van der Waals surface area contributed by atoms with Gasteiger partial charge in [-0.15, -0.1) is 0 Å². The summed E-state index contributed by atoms with van der Waals surface area (Å²) in [6.45, 7) is 0. The molecule has 0 atom stereocenters. The number of halogens is 2. The Morgan fingerprint density at radius 1 is 1.09 bits per heavy atom. The fraction of sp³-hybridized carbons (Fsp3) is 0. The van der Waals surface area contributed by atoms with Crippen LogP contribution in [0.15, 0.2) is 47.0 Å². The van der Waals surface area contributed by atoms with Crippen molar-refractivity contribution in [2.45, 2.75) is 0 Å². The van der Waals surface area contributed by atoms with Crippen molar-refractivity contribution < 1.29 is 23.2 Å². The largest absolute Gasteiger partial charge is 0.478 e. The lowest BCUT2D eigenvalue weighted by Gasteiger charge is -2.00. The minimum absolute atomic E-state index is 0.0788. The number of rotatable bonds is 3. The topological polar surface area (TPSA) is 76.2 Å². The van der Waals surface area contributed by atoms with Gasteiger partial charge in [0.25, 0.3) is 5.89 Å². The Labute approximate surface area is 122 Å². The highest BCUT2D eigenvalue weighted by Gasteiger charge is 2.19. The predicted octanol–water partition coefficient (Wildman–Crippen LogP) is 3.38. The van der Waals surface area contributed by atoms with Crippen molar-refractivity contribution in [3.05, 3.63) is 59.7 Å². The number of aromatic nitrogens is 2. The first kappa shape index (κ1) is 13.9. The Bertz CT molecular complexity index is 844. The summed E-state index contributed by atoms with van der Waals surface area (Å²) in [5.74, 6) is -2.75. The van der Waals surface area contributed by atoms with Crippen LogP contribution in [0.4, 0.5) is 8.78 Å². The Morgan fingerprint density at radius 2 is 1.82 bits per heavy atom. The molecule has 0 amide bonds. The lowest BCUT2D eigenvalue weighted by molar-refractivity contribution is 0.0692. The van der Waals surface area contributed by atoms with E-state index >= 15 is 0 Å². The number of hydrogen-bond donors (Lipinski definition) is 1. The first-order chi connectivity index (χ1) is 10.6. The van der Waals surface area contributed by atoms with Crippen LogP contribution < -0.4 is 0 Å². The lowest BCUT2D eigenvalue weighted by atomic mass is 10.1. The van der Waals surface area contributed by atoms with Gasteiger partial charge < -0.3 is 9.63 Å². The van der Waals surface area contributed by atoms with Crippen molar-refractivity contribution in [2.24, 2.45) is 0 Å². The van der Waals surface area contributed by atoms with E-state index in [1.165, 1.54) is 36.4 Å². The van der Waals surface area contributed by atoms with Gasteiger partial charge in [0.1, 0.15) is 11.6 Å². The fourth-order valence-electron chi connectivity index (χ4n) is 1.91. The molecule has 0 spiro atoms. The van der Waals surface area contributed by atoms with Gasteiger partial charge in [0, 0.05) is 5.56 Å². The van der Waals surface area contributed by atoms with Crippen LogP contribution in [0.25, 0.3) is 22.8 Å². The van der Waals surface area contributed by atoms with E-state index in [9.17, 15) is 13.6 Å². The van der Waals surface area contributed by atoms with Crippen LogP contribution in [-0.2, 0) is 0 Å². The van der Waals surface area contributed by atoms with Crippen LogP contribution in [0.3, 0.4) is 0 Å². The van der Waals surface area contributed by atoms with Crippen LogP contribution in [-0.4, -0.2) is 21.2 Å². The first-order valence-electron chi connectivity index (χ1n) is 6.18. The second-order valence-corrected chi connectivity index (χ2v) is 4.40. The summed E-state index contributed by atoms with van der Waals surface area (Å²) in [4.78, 5) is 14.9. The smallest absolute Gasteiger partial charge is 0.338 e. The van der Waals surface area contributed by atoms with Crippen molar-refractivity contribution in [3.8, 4) is 22.8 Å². The minimum Gasteiger partial charge on any atom is -0.478 e. The summed E-state index contributed by atoms with van der Waals surface area (Å²) in [6.07, 6.45) is 0. The molecule has 0 aliphatic carbocycles. The molecule has 1 N–H and O–H groups in total. The number of nitrogens with zero attached hydrogens (tertiary/aromatic N) is 2. The third kappa shape index (κ3) is 2.44. The maximum atomic E-state index is 14.1. The van der Waals surface area contributed by atoms with E-state index < -0.39 is 23.2 Å². The maximum Gasteiger partial charge on any atom is 0.338 e. The Balaban J connectivity index is 2.03. The zero-order valence-electron chi connectivity index (χ0n) is 11.0. The second-order valence-electron chi connectivity index (χ2n) is 4.40. The maximum absolute atomic E-state index is 14.1. The van der Waals surface area contributed by atoms with Gasteiger partial charge in [-0.05, 0) is 36.4 Å². The molecule has 0 radical (unpaired) electrons. The molecular formula is C15H8F2N2O3. The Kier molecular flexibility index (Phi) is 3.38. The number of hydrogen-bond acceptors (Lipinski definition) is 4. The Morgan fingerprint density at radius 3 is 2.50 bits per heavy atom. The van der Waals surface area contributed by atoms with Crippen LogP contribution in [0, 0.1) is 11.6 Å². The number of benzene rings is 2. The molecule has 3 aromatic rings. The van der Waals surface area contributed by atoms with Gasteiger partial charge in [-0.1, -0.05) is 11.2 Å². The normalized spacial score (nSPS) is 10.6. The van der Waals surface area contributed by atoms with Crippen molar-refractivity contribution in [2.75, 3.05) is 0 Å². The molecule has 0 saturated heterocycles. The van der Waals surface area contributed by atoms with E-state index in [0.717, 1.165) is 6.07 Å². The minimum atomic E-state index is -1.39. The van der Waals surface area contributed by atoms with E-state index in [0.29, 0.717) is 5.56 Å². The molecule has 1 heterocycles. The summed E-state index contributed by atoms with van der Waals surface area (Å²) in [7, 11) is 0. The molecule has 0 saturated carbocycles. The molecular weight excluding hydrogens is 294 g/mol. The zero-order valence-corrected chi connectivity index (χ0v) is 11.0. The van der Waals surface area contributed by atoms with Gasteiger partial charge in [0.2, 0.25) is 5.82 Å². The molecule has 0 fully saturated rings. The average Bonchev–Trinajstić information content (AvgIpc) is 2.97. The lowest BCUT2D eigenvalue weighted by Crippen LogP contribution is -2.02. The number of carboxylic acids is 1. The van der Waals surface area contributed by atoms with Crippen LogP contribution in [0.5, 0.6) is 0 Å². The van der Waals surface area contributed by atoms with Crippen LogP contribution >= 0.6 is 0 Å². The standard InChI is InChI=1S/C15H8F2N2O3/c16-9-6-4-8(5-7-9)14-18-13(19-22-14)10-2-1-3-11(12(10)17)15(20)21/h1-7H,(H,20,21). The van der Waals surface area contributed by atoms with E-state index in [-0.39, 0.29) is 17.3 Å².